The maximum atomic E-state index is 6.29. The summed E-state index contributed by atoms with van der Waals surface area (Å²) in [4.78, 5) is 0. The average molecular weight is 276 g/mol. The van der Waals surface area contributed by atoms with Crippen molar-refractivity contribution < 1.29 is 0 Å². The summed E-state index contributed by atoms with van der Waals surface area (Å²) in [5.74, 6) is 2.30. The summed E-state index contributed by atoms with van der Waals surface area (Å²) in [6.45, 7) is 7.25. The van der Waals surface area contributed by atoms with Crippen molar-refractivity contribution in [1.82, 2.24) is 15.1 Å². The summed E-state index contributed by atoms with van der Waals surface area (Å²) in [5, 5.41) is 8.71. The zero-order valence-electron chi connectivity index (χ0n) is 11.1. The van der Waals surface area contributed by atoms with Gasteiger partial charge in [0.15, 0.2) is 0 Å². The van der Waals surface area contributed by atoms with Crippen LogP contribution in [0.1, 0.15) is 32.2 Å². The Balaban J connectivity index is 2.54. The van der Waals surface area contributed by atoms with Crippen LogP contribution in [0.25, 0.3) is 0 Å². The first kappa shape index (κ1) is 14.9. The van der Waals surface area contributed by atoms with Gasteiger partial charge in [0.05, 0.1) is 16.4 Å². The maximum absolute atomic E-state index is 6.29. The molecule has 1 aromatic heterocycles. The quantitative estimate of drug-likeness (QED) is 0.830. The summed E-state index contributed by atoms with van der Waals surface area (Å²) in [7, 11) is 1.95. The van der Waals surface area contributed by atoms with Gasteiger partial charge in [-0.15, -0.1) is 0 Å². The van der Waals surface area contributed by atoms with Crippen molar-refractivity contribution in [1.29, 1.82) is 0 Å². The predicted molar refractivity (Wildman–Crippen MR) is 76.9 cm³/mol. The van der Waals surface area contributed by atoms with Gasteiger partial charge >= 0.3 is 0 Å². The third-order valence-electron chi connectivity index (χ3n) is 2.69. The number of halogens is 1. The Kier molecular flexibility index (Phi) is 6.38. The number of thioether (sulfide) groups is 1. The van der Waals surface area contributed by atoms with E-state index in [0.717, 1.165) is 35.1 Å². The lowest BCUT2D eigenvalue weighted by atomic mass is 10.3. The minimum atomic E-state index is 0.496. The Bertz CT molecular complexity index is 352. The van der Waals surface area contributed by atoms with E-state index in [2.05, 4.69) is 31.2 Å². The largest absolute Gasteiger partial charge is 0.308 e. The van der Waals surface area contributed by atoms with E-state index in [1.54, 1.807) is 0 Å². The van der Waals surface area contributed by atoms with Crippen LogP contribution in [0.5, 0.6) is 0 Å². The van der Waals surface area contributed by atoms with E-state index in [-0.39, 0.29) is 0 Å². The van der Waals surface area contributed by atoms with Crippen molar-refractivity contribution >= 4 is 23.4 Å². The lowest BCUT2D eigenvalue weighted by Gasteiger charge is -2.13. The molecular formula is C12H22ClN3S. The van der Waals surface area contributed by atoms with E-state index in [9.17, 15) is 0 Å². The molecule has 5 heteroatoms. The highest BCUT2D eigenvalue weighted by molar-refractivity contribution is 7.99. The zero-order chi connectivity index (χ0) is 12.8. The minimum Gasteiger partial charge on any atom is -0.308 e. The molecule has 0 aliphatic carbocycles. The summed E-state index contributed by atoms with van der Waals surface area (Å²) in [6.07, 6.45) is 0.883. The highest BCUT2D eigenvalue weighted by atomic mass is 35.5. The molecule has 1 unspecified atom stereocenters. The van der Waals surface area contributed by atoms with Crippen LogP contribution in [0.15, 0.2) is 0 Å². The Morgan fingerprint density at radius 3 is 2.71 bits per heavy atom. The molecule has 1 rings (SSSR count). The van der Waals surface area contributed by atoms with Crippen molar-refractivity contribution in [3.63, 3.8) is 0 Å². The Morgan fingerprint density at radius 1 is 1.47 bits per heavy atom. The first-order valence-corrected chi connectivity index (χ1v) is 7.64. The van der Waals surface area contributed by atoms with Gasteiger partial charge in [0.25, 0.3) is 0 Å². The minimum absolute atomic E-state index is 0.496. The van der Waals surface area contributed by atoms with Gasteiger partial charge in [-0.3, -0.25) is 4.68 Å². The van der Waals surface area contributed by atoms with Crippen LogP contribution in [-0.2, 0) is 20.0 Å². The standard InChI is InChI=1S/C12H22ClN3S/c1-5-10-12(13)11(16(4)15-10)7-14-9(3)8-17-6-2/h9,14H,5-8H2,1-4H3. The number of aryl methyl sites for hydroxylation is 2. The highest BCUT2D eigenvalue weighted by Gasteiger charge is 2.13. The normalized spacial score (nSPS) is 13.0. The number of nitrogens with zero attached hydrogens (tertiary/aromatic N) is 2. The molecule has 0 spiro atoms. The molecule has 0 saturated heterocycles. The number of hydrogen-bond acceptors (Lipinski definition) is 3. The average Bonchev–Trinajstić information content (AvgIpc) is 2.59. The smallest absolute Gasteiger partial charge is 0.0863 e. The van der Waals surface area contributed by atoms with Gasteiger partial charge < -0.3 is 5.32 Å². The van der Waals surface area contributed by atoms with Crippen LogP contribution >= 0.6 is 23.4 Å². The molecule has 1 atom stereocenters. The fourth-order valence-corrected chi connectivity index (χ4v) is 2.70. The van der Waals surface area contributed by atoms with Gasteiger partial charge in [0.1, 0.15) is 0 Å². The molecule has 0 bridgehead atoms. The van der Waals surface area contributed by atoms with E-state index < -0.39 is 0 Å². The molecule has 1 N–H and O–H groups in total. The number of rotatable bonds is 7. The van der Waals surface area contributed by atoms with Gasteiger partial charge in [-0.2, -0.15) is 16.9 Å². The molecule has 0 amide bonds. The molecule has 1 aromatic rings. The van der Waals surface area contributed by atoms with Crippen LogP contribution in [0.4, 0.5) is 0 Å². The van der Waals surface area contributed by atoms with Gasteiger partial charge in [-0.1, -0.05) is 25.4 Å². The Hall–Kier alpha value is -0.190. The molecule has 98 valence electrons. The van der Waals surface area contributed by atoms with E-state index in [1.165, 1.54) is 5.75 Å². The molecule has 3 nitrogen and oxygen atoms in total. The van der Waals surface area contributed by atoms with E-state index in [4.69, 9.17) is 11.6 Å². The van der Waals surface area contributed by atoms with E-state index in [0.29, 0.717) is 6.04 Å². The first-order valence-electron chi connectivity index (χ1n) is 6.11. The molecule has 0 aliphatic heterocycles. The second kappa shape index (κ2) is 7.29. The number of hydrogen-bond donors (Lipinski definition) is 1. The van der Waals surface area contributed by atoms with Crippen LogP contribution in [0.3, 0.4) is 0 Å². The SMILES string of the molecule is CCSCC(C)NCc1c(Cl)c(CC)nn1C. The Morgan fingerprint density at radius 2 is 2.18 bits per heavy atom. The first-order chi connectivity index (χ1) is 8.10. The lowest BCUT2D eigenvalue weighted by Crippen LogP contribution is -2.28. The molecule has 0 aromatic carbocycles. The van der Waals surface area contributed by atoms with Crippen molar-refractivity contribution in [2.45, 2.75) is 39.8 Å². The topological polar surface area (TPSA) is 29.9 Å². The maximum Gasteiger partial charge on any atom is 0.0863 e. The molecule has 17 heavy (non-hydrogen) atoms. The molecule has 0 fully saturated rings. The summed E-state index contributed by atoms with van der Waals surface area (Å²) < 4.78 is 1.88. The molecule has 0 saturated carbocycles. The van der Waals surface area contributed by atoms with E-state index in [1.807, 2.05) is 23.5 Å². The van der Waals surface area contributed by atoms with Crippen molar-refractivity contribution in [2.24, 2.45) is 7.05 Å². The monoisotopic (exact) mass is 275 g/mol. The fraction of sp³-hybridized carbons (Fsp3) is 0.750. The molecule has 1 heterocycles. The molecule has 0 aliphatic rings. The summed E-state index contributed by atoms with van der Waals surface area (Å²) >= 11 is 8.24. The number of nitrogens with one attached hydrogen (secondary N) is 1. The number of aromatic nitrogens is 2. The van der Waals surface area contributed by atoms with Crippen molar-refractivity contribution in [3.8, 4) is 0 Å². The van der Waals surface area contributed by atoms with E-state index >= 15 is 0 Å². The van der Waals surface area contributed by atoms with Gasteiger partial charge in [0, 0.05) is 25.4 Å². The second-order valence-electron chi connectivity index (χ2n) is 4.13. The van der Waals surface area contributed by atoms with Gasteiger partial charge in [-0.05, 0) is 19.1 Å². The zero-order valence-corrected chi connectivity index (χ0v) is 12.7. The fourth-order valence-electron chi connectivity index (χ4n) is 1.64. The molecular weight excluding hydrogens is 254 g/mol. The van der Waals surface area contributed by atoms with Crippen molar-refractivity contribution in [3.05, 3.63) is 16.4 Å². The summed E-state index contributed by atoms with van der Waals surface area (Å²) in [6, 6.07) is 0.496. The highest BCUT2D eigenvalue weighted by Crippen LogP contribution is 2.20. The Labute approximate surface area is 113 Å². The second-order valence-corrected chi connectivity index (χ2v) is 5.82. The molecule has 0 radical (unpaired) electrons. The van der Waals surface area contributed by atoms with Crippen molar-refractivity contribution in [2.75, 3.05) is 11.5 Å². The lowest BCUT2D eigenvalue weighted by molar-refractivity contribution is 0.564. The van der Waals surface area contributed by atoms with Crippen LogP contribution < -0.4 is 5.32 Å². The van der Waals surface area contributed by atoms with Gasteiger partial charge in [-0.25, -0.2) is 0 Å². The van der Waals surface area contributed by atoms with Crippen LogP contribution in [-0.4, -0.2) is 27.3 Å². The van der Waals surface area contributed by atoms with Crippen LogP contribution in [0, 0.1) is 0 Å². The third-order valence-corrected chi connectivity index (χ3v) is 4.27. The third kappa shape index (κ3) is 4.19. The summed E-state index contributed by atoms with van der Waals surface area (Å²) in [5.41, 5.74) is 2.07. The predicted octanol–water partition coefficient (Wildman–Crippen LogP) is 2.87. The van der Waals surface area contributed by atoms with Crippen LogP contribution in [0.2, 0.25) is 5.02 Å². The van der Waals surface area contributed by atoms with Gasteiger partial charge in [0.2, 0.25) is 0 Å².